The van der Waals surface area contributed by atoms with Crippen molar-refractivity contribution in [2.45, 2.75) is 216 Å². The number of fused-ring (bicyclic) bond motifs is 1. The number of hydrogen-bond donors (Lipinski definition) is 18. The lowest BCUT2D eigenvalue weighted by Crippen LogP contribution is -2.61. The number of phenolic OH excluding ortho intramolecular Hbond substituents is 1. The average molecular weight is 1710 g/mol. The van der Waals surface area contributed by atoms with Gasteiger partial charge in [-0.25, -0.2) is 14.8 Å². The zero-order valence-electron chi connectivity index (χ0n) is 69.5. The third kappa shape index (κ3) is 29.4. The molecule has 6 heterocycles. The van der Waals surface area contributed by atoms with E-state index in [-0.39, 0.29) is 145 Å². The SMILES string of the molecule is C/C=C/[C@H](OC(=O)CCC(=O)NCCCC[C@H](NC(=O)[C@H](Cc1ccc(O)cc1)NC(=O)[C@H](CO)NC(=O)[C@H](Cc1c[nH]c2ccccc12)NC(=O)[C@H](Cc1cnc[nH]1)NC(=O)[C@@H]1CCC(=O)N1)C(=O)N[C@H]1CC(C)N([C@@H](CCCNC(=N)N)C(=O)N2CCC[C@H]2C(=O)NCC(N)=O)C1=O)C(C)(C)CC\C=C/C=C\C=C\[C@@H](Cc1nc(C(=O)O)co1)OC. The molecule has 0 saturated carbocycles. The Bertz CT molecular complexity index is 4630. The number of imidazole rings is 1. The average Bonchev–Trinajstić information content (AvgIpc) is 1.64. The van der Waals surface area contributed by atoms with Crippen LogP contribution in [-0.2, 0) is 97.5 Å². The lowest BCUT2D eigenvalue weighted by molar-refractivity contribution is -0.153. The molecule has 5 aromatic rings. The van der Waals surface area contributed by atoms with Crippen molar-refractivity contribution >= 4 is 99.7 Å². The number of aromatic amines is 2. The van der Waals surface area contributed by atoms with Gasteiger partial charge in [0.2, 0.25) is 70.9 Å². The number of oxazole rings is 1. The van der Waals surface area contributed by atoms with Crippen LogP contribution in [0.15, 0.2) is 127 Å². The van der Waals surface area contributed by atoms with Crippen LogP contribution in [0.3, 0.4) is 0 Å². The lowest BCUT2D eigenvalue weighted by Gasteiger charge is -2.35. The van der Waals surface area contributed by atoms with Gasteiger partial charge in [0.15, 0.2) is 17.5 Å². The predicted molar refractivity (Wildman–Crippen MR) is 446 cm³/mol. The number of benzene rings is 2. The molecule has 8 rings (SSSR count). The van der Waals surface area contributed by atoms with Crippen LogP contribution in [0.1, 0.15) is 151 Å². The molecule has 39 nitrogen and oxygen atoms in total. The van der Waals surface area contributed by atoms with Crippen molar-refractivity contribution in [3.63, 3.8) is 0 Å². The van der Waals surface area contributed by atoms with Crippen LogP contribution < -0.4 is 64.6 Å². The third-order valence-electron chi connectivity index (χ3n) is 21.3. The Kier molecular flexibility index (Phi) is 36.6. The Hall–Kier alpha value is -13.1. The van der Waals surface area contributed by atoms with Gasteiger partial charge in [0.1, 0.15) is 72.5 Å². The molecule has 39 heteroatoms. The summed E-state index contributed by atoms with van der Waals surface area (Å²) in [6.45, 7) is 6.04. The van der Waals surface area contributed by atoms with Crippen LogP contribution in [0.2, 0.25) is 0 Å². The second-order valence-electron chi connectivity index (χ2n) is 31.0. The highest BCUT2D eigenvalue weighted by Gasteiger charge is 2.48. The predicted octanol–water partition coefficient (Wildman–Crippen LogP) is 0.623. The molecule has 0 spiro atoms. The first-order valence-electron chi connectivity index (χ1n) is 40.9. The van der Waals surface area contributed by atoms with E-state index in [0.29, 0.717) is 47.0 Å². The molecule has 0 radical (unpaired) electrons. The van der Waals surface area contributed by atoms with Gasteiger partial charge in [0.05, 0.1) is 38.4 Å². The molecule has 3 aliphatic heterocycles. The summed E-state index contributed by atoms with van der Waals surface area (Å²) in [6.07, 6.45) is 20.2. The number of aromatic carboxylic acids is 1. The van der Waals surface area contributed by atoms with Crippen molar-refractivity contribution in [1.82, 2.24) is 82.9 Å². The zero-order valence-corrected chi connectivity index (χ0v) is 69.5. The third-order valence-corrected chi connectivity index (χ3v) is 21.3. The summed E-state index contributed by atoms with van der Waals surface area (Å²) in [4.78, 5) is 210. The number of primary amides is 1. The van der Waals surface area contributed by atoms with Crippen LogP contribution in [0, 0.1) is 10.8 Å². The highest BCUT2D eigenvalue weighted by Crippen LogP contribution is 2.32. The van der Waals surface area contributed by atoms with E-state index in [1.807, 2.05) is 32.1 Å². The number of esters is 1. The molecule has 12 atom stereocenters. The summed E-state index contributed by atoms with van der Waals surface area (Å²) in [5.41, 5.74) is 12.1. The maximum Gasteiger partial charge on any atom is 0.357 e. The number of carbonyl (C=O) groups excluding carboxylic acids is 13. The summed E-state index contributed by atoms with van der Waals surface area (Å²) >= 11 is 0. The number of carboxylic acids is 1. The maximum absolute atomic E-state index is 15.2. The molecule has 3 fully saturated rings. The number of amides is 12. The van der Waals surface area contributed by atoms with Gasteiger partial charge in [-0.3, -0.25) is 67.7 Å². The number of hydrogen-bond acceptors (Lipinski definition) is 22. The number of aromatic hydroxyl groups is 1. The number of aromatic nitrogens is 4. The summed E-state index contributed by atoms with van der Waals surface area (Å²) in [5.74, 6) is -11.3. The molecule has 664 valence electrons. The van der Waals surface area contributed by atoms with Crippen molar-refractivity contribution in [2.24, 2.45) is 16.9 Å². The zero-order chi connectivity index (χ0) is 89.3. The second-order valence-corrected chi connectivity index (χ2v) is 31.0. The fraction of sp³-hybridized carbons (Fsp3) is 0.488. The molecule has 0 aliphatic carbocycles. The van der Waals surface area contributed by atoms with Crippen LogP contribution in [0.25, 0.3) is 10.9 Å². The first kappa shape index (κ1) is 95.4. The number of rotatable bonds is 49. The number of carboxylic acid groups (broad SMARTS) is 1. The summed E-state index contributed by atoms with van der Waals surface area (Å²) in [7, 11) is 1.51. The number of phenols is 1. The molecule has 3 saturated heterocycles. The fourth-order valence-corrected chi connectivity index (χ4v) is 14.6. The Morgan fingerprint density at radius 3 is 2.12 bits per heavy atom. The number of para-hydroxylation sites is 1. The topological polar surface area (TPSA) is 591 Å². The van der Waals surface area contributed by atoms with Crippen molar-refractivity contribution in [3.05, 3.63) is 151 Å². The molecule has 3 aliphatic rings. The number of carbonyl (C=O) groups is 14. The number of unbranched alkanes of at least 4 members (excludes halogenated alkanes) is 1. The highest BCUT2D eigenvalue weighted by atomic mass is 16.5. The first-order valence-corrected chi connectivity index (χ1v) is 40.9. The number of nitrogens with one attached hydrogen (secondary N) is 13. The van der Waals surface area contributed by atoms with Crippen molar-refractivity contribution in [2.75, 3.05) is 39.9 Å². The smallest absolute Gasteiger partial charge is 0.357 e. The van der Waals surface area contributed by atoms with Crippen LogP contribution in [-0.4, -0.2) is 246 Å². The molecule has 3 aromatic heterocycles. The largest absolute Gasteiger partial charge is 0.508 e. The fourth-order valence-electron chi connectivity index (χ4n) is 14.6. The van der Waals surface area contributed by atoms with E-state index in [9.17, 15) is 67.7 Å². The van der Waals surface area contributed by atoms with Gasteiger partial charge in [0, 0.05) is 99.3 Å². The number of allylic oxidation sites excluding steroid dienone is 6. The Labute approximate surface area is 710 Å². The number of aliphatic hydroxyl groups is 1. The molecule has 20 N–H and O–H groups in total. The minimum Gasteiger partial charge on any atom is -0.508 e. The van der Waals surface area contributed by atoms with Gasteiger partial charge in [-0.1, -0.05) is 86.7 Å². The number of H-pyrrole nitrogens is 2. The van der Waals surface area contributed by atoms with Gasteiger partial charge in [0.25, 0.3) is 0 Å². The van der Waals surface area contributed by atoms with E-state index in [4.69, 9.17) is 35.9 Å². The number of methoxy groups -OCH3 is 1. The standard InChI is InChI=1S/C84H113N19O20/c1-6-19-67(84(3,4)34-15-10-8-7-9-11-20-54(121-5)42-71-95-64(47-122-71)82(119)120)123-72(109)33-32-69(107)89-35-16-14-23-57(73(110)100-62-38-49(2)103(80(62)117)66(24-17-36-90-83(86)87)81(118)102-37-18-25-65(102)79(116)92-45-68(85)106)96-75(112)59(39-50-26-28-53(105)29-27-50)97-78(115)63(46-104)101-76(113)60(40-51-43-91-56-22-13-12-21-55(51)56)98-77(114)61(41-52-44-88-48-93-52)99-74(111)58-30-31-70(108)94-58/h6-13,19-22,26-29,43-44,47-49,54,57-63,65-67,91,104-105H,14-18,23-25,30-42,45-46H2,1-5H3,(H2,85,106)(H,88,93)(H,89,107)(H,92,116)(H,94,108)(H,96,112)(H,97,115)(H,98,114)(H,99,111)(H,100,110)(H,101,113)(H,119,120)(H4,86,87,90)/b9-7-,10-8-,19-6+,20-11+/t49?,54-,57-,58-,59-,60-,61-,62-,63-,65-,66-,67-/m0/s1. The molecular weight excluding hydrogens is 1600 g/mol. The minimum atomic E-state index is -1.86. The molecule has 1 unspecified atom stereocenters. The van der Waals surface area contributed by atoms with Crippen LogP contribution >= 0.6 is 0 Å². The van der Waals surface area contributed by atoms with E-state index in [1.165, 1.54) is 53.7 Å². The van der Waals surface area contributed by atoms with E-state index >= 15 is 9.59 Å². The van der Waals surface area contributed by atoms with Crippen LogP contribution in [0.4, 0.5) is 0 Å². The van der Waals surface area contributed by atoms with E-state index in [0.717, 1.165) is 6.26 Å². The molecular formula is C84H113N19O20. The monoisotopic (exact) mass is 1710 g/mol. The maximum atomic E-state index is 15.2. The molecule has 123 heavy (non-hydrogen) atoms. The molecule has 0 bridgehead atoms. The minimum absolute atomic E-state index is 0.000575. The van der Waals surface area contributed by atoms with Crippen molar-refractivity contribution < 1.29 is 96.3 Å². The molecule has 2 aromatic carbocycles. The van der Waals surface area contributed by atoms with Gasteiger partial charge < -0.3 is 114 Å². The molecule has 12 amide bonds. The normalized spacial score (nSPS) is 18.0. The van der Waals surface area contributed by atoms with Crippen LogP contribution in [0.5, 0.6) is 5.75 Å². The van der Waals surface area contributed by atoms with E-state index < -0.39 is 168 Å². The number of likely N-dealkylation sites (tertiary alicyclic amines) is 2. The second kappa shape index (κ2) is 47.2. The van der Waals surface area contributed by atoms with Gasteiger partial charge in [-0.05, 0) is 120 Å². The Morgan fingerprint density at radius 1 is 0.764 bits per heavy atom. The van der Waals surface area contributed by atoms with Crippen molar-refractivity contribution in [3.8, 4) is 5.75 Å². The van der Waals surface area contributed by atoms with E-state index in [2.05, 4.69) is 73.1 Å². The summed E-state index contributed by atoms with van der Waals surface area (Å²) in [6, 6.07) is -0.584. The summed E-state index contributed by atoms with van der Waals surface area (Å²) in [5, 5.41) is 65.3. The Morgan fingerprint density at radius 2 is 1.46 bits per heavy atom. The number of nitrogens with zero attached hydrogens (tertiary/aromatic N) is 4. The van der Waals surface area contributed by atoms with Gasteiger partial charge in [-0.2, -0.15) is 0 Å². The van der Waals surface area contributed by atoms with Crippen molar-refractivity contribution in [1.29, 1.82) is 5.41 Å². The van der Waals surface area contributed by atoms with Gasteiger partial charge >= 0.3 is 11.9 Å². The number of nitrogens with two attached hydrogens (primary N) is 2. The highest BCUT2D eigenvalue weighted by molar-refractivity contribution is 6.00. The Balaban J connectivity index is 0.970. The van der Waals surface area contributed by atoms with E-state index in [1.54, 1.807) is 74.7 Å². The van der Waals surface area contributed by atoms with Gasteiger partial charge in [-0.15, -0.1) is 0 Å². The quantitative estimate of drug-likeness (QED) is 0.00634. The lowest BCUT2D eigenvalue weighted by atomic mass is 9.81. The number of guanidine groups is 1. The number of ether oxygens (including phenoxy) is 2. The number of aliphatic hydroxyl groups excluding tert-OH is 1. The first-order chi connectivity index (χ1) is 58.8. The summed E-state index contributed by atoms with van der Waals surface area (Å²) < 4.78 is 16.6.